The average Bonchev–Trinajstić information content (AvgIpc) is 2.70. The number of rotatable bonds is 4. The van der Waals surface area contributed by atoms with Gasteiger partial charge in [0.25, 0.3) is 10.0 Å². The smallest absolute Gasteiger partial charge is 0.260 e. The van der Waals surface area contributed by atoms with Crippen LogP contribution >= 0.6 is 0 Å². The number of nitrogens with one attached hydrogen (secondary N) is 2. The van der Waals surface area contributed by atoms with E-state index in [2.05, 4.69) is 21.8 Å². The Balaban J connectivity index is 2.18. The Morgan fingerprint density at radius 1 is 1.47 bits per heavy atom. The Hall–Kier alpha value is -0.920. The van der Waals surface area contributed by atoms with Crippen LogP contribution in [0, 0.1) is 12.8 Å². The number of aromatic amines is 1. The molecule has 0 spiro atoms. The van der Waals surface area contributed by atoms with Crippen LogP contribution in [0.3, 0.4) is 0 Å². The quantitative estimate of drug-likeness (QED) is 0.769. The highest BCUT2D eigenvalue weighted by Gasteiger charge is 2.28. The van der Waals surface area contributed by atoms with E-state index in [1.54, 1.807) is 6.92 Å². The van der Waals surface area contributed by atoms with Gasteiger partial charge in [0, 0.05) is 23.8 Å². The zero-order valence-corrected chi connectivity index (χ0v) is 12.3. The van der Waals surface area contributed by atoms with Crippen molar-refractivity contribution in [2.24, 2.45) is 11.7 Å². The molecule has 1 aliphatic rings. The van der Waals surface area contributed by atoms with E-state index in [1.165, 1.54) is 6.42 Å². The lowest BCUT2D eigenvalue weighted by Gasteiger charge is -2.27. The van der Waals surface area contributed by atoms with Crippen LogP contribution in [0.15, 0.2) is 5.03 Å². The van der Waals surface area contributed by atoms with E-state index in [0.717, 1.165) is 19.3 Å². The monoisotopic (exact) mass is 286 g/mol. The SMILES string of the molecule is Cc1[nH]nc(S(=O)(=O)NC2CCCC(C)C2)c1CN. The maximum Gasteiger partial charge on any atom is 0.260 e. The zero-order chi connectivity index (χ0) is 14.0. The Morgan fingerprint density at radius 3 is 2.84 bits per heavy atom. The van der Waals surface area contributed by atoms with Crippen molar-refractivity contribution in [1.29, 1.82) is 0 Å². The van der Waals surface area contributed by atoms with Crippen molar-refractivity contribution in [3.05, 3.63) is 11.3 Å². The molecule has 1 heterocycles. The summed E-state index contributed by atoms with van der Waals surface area (Å²) in [6.45, 7) is 4.10. The largest absolute Gasteiger partial charge is 0.326 e. The van der Waals surface area contributed by atoms with Gasteiger partial charge in [-0.05, 0) is 25.7 Å². The molecule has 7 heteroatoms. The summed E-state index contributed by atoms with van der Waals surface area (Å²) in [4.78, 5) is 0. The fourth-order valence-electron chi connectivity index (χ4n) is 2.71. The maximum absolute atomic E-state index is 12.4. The molecule has 2 unspecified atom stereocenters. The van der Waals surface area contributed by atoms with Crippen LogP contribution in [0.5, 0.6) is 0 Å². The van der Waals surface area contributed by atoms with E-state index < -0.39 is 10.0 Å². The number of hydrogen-bond acceptors (Lipinski definition) is 4. The van der Waals surface area contributed by atoms with Gasteiger partial charge >= 0.3 is 0 Å². The fraction of sp³-hybridized carbons (Fsp3) is 0.750. The second-order valence-electron chi connectivity index (χ2n) is 5.43. The van der Waals surface area contributed by atoms with Gasteiger partial charge < -0.3 is 5.73 Å². The molecule has 1 saturated carbocycles. The molecule has 108 valence electrons. The van der Waals surface area contributed by atoms with Crippen molar-refractivity contribution in [2.45, 2.75) is 57.1 Å². The zero-order valence-electron chi connectivity index (χ0n) is 11.4. The minimum absolute atomic E-state index is 0.0105. The van der Waals surface area contributed by atoms with Crippen LogP contribution in [0.1, 0.15) is 43.9 Å². The van der Waals surface area contributed by atoms with Crippen LogP contribution in [0.4, 0.5) is 0 Å². The highest BCUT2D eigenvalue weighted by Crippen LogP contribution is 2.25. The van der Waals surface area contributed by atoms with E-state index in [0.29, 0.717) is 17.2 Å². The van der Waals surface area contributed by atoms with Gasteiger partial charge in [0.1, 0.15) is 0 Å². The molecule has 0 radical (unpaired) electrons. The normalized spacial score (nSPS) is 24.6. The van der Waals surface area contributed by atoms with Crippen LogP contribution in [0.2, 0.25) is 0 Å². The summed E-state index contributed by atoms with van der Waals surface area (Å²) in [6, 6.07) is 0.0105. The summed E-state index contributed by atoms with van der Waals surface area (Å²) in [7, 11) is -3.58. The first-order chi connectivity index (χ1) is 8.94. The molecule has 0 amide bonds. The summed E-state index contributed by atoms with van der Waals surface area (Å²) in [6.07, 6.45) is 4.02. The van der Waals surface area contributed by atoms with Gasteiger partial charge in [0.05, 0.1) is 0 Å². The van der Waals surface area contributed by atoms with Gasteiger partial charge in [-0.1, -0.05) is 19.8 Å². The first-order valence-electron chi connectivity index (χ1n) is 6.70. The van der Waals surface area contributed by atoms with Gasteiger partial charge in [0.15, 0.2) is 5.03 Å². The molecule has 2 atom stereocenters. The number of H-pyrrole nitrogens is 1. The number of aryl methyl sites for hydroxylation is 1. The van der Waals surface area contributed by atoms with Gasteiger partial charge in [-0.3, -0.25) is 5.10 Å². The summed E-state index contributed by atoms with van der Waals surface area (Å²) in [5.74, 6) is 0.566. The maximum atomic E-state index is 12.4. The average molecular weight is 286 g/mol. The lowest BCUT2D eigenvalue weighted by molar-refractivity contribution is 0.327. The summed E-state index contributed by atoms with van der Waals surface area (Å²) >= 11 is 0. The molecule has 2 rings (SSSR count). The molecule has 1 aliphatic carbocycles. The molecule has 0 aliphatic heterocycles. The van der Waals surface area contributed by atoms with Gasteiger partial charge in [0.2, 0.25) is 0 Å². The van der Waals surface area contributed by atoms with E-state index in [1.807, 2.05) is 0 Å². The molecule has 6 nitrogen and oxygen atoms in total. The molecule has 1 fully saturated rings. The number of nitrogens with zero attached hydrogens (tertiary/aromatic N) is 1. The second-order valence-corrected chi connectivity index (χ2v) is 7.06. The van der Waals surface area contributed by atoms with Crippen molar-refractivity contribution < 1.29 is 8.42 Å². The molecular formula is C12H22N4O2S. The predicted molar refractivity (Wildman–Crippen MR) is 73.0 cm³/mol. The summed E-state index contributed by atoms with van der Waals surface area (Å²) in [5.41, 5.74) is 6.87. The minimum Gasteiger partial charge on any atom is -0.326 e. The van der Waals surface area contributed by atoms with Crippen LogP contribution in [0.25, 0.3) is 0 Å². The van der Waals surface area contributed by atoms with Crippen molar-refractivity contribution in [1.82, 2.24) is 14.9 Å². The van der Waals surface area contributed by atoms with Crippen molar-refractivity contribution in [3.8, 4) is 0 Å². The topological polar surface area (TPSA) is 101 Å². The summed E-state index contributed by atoms with van der Waals surface area (Å²) < 4.78 is 27.5. The van der Waals surface area contributed by atoms with Crippen LogP contribution < -0.4 is 10.5 Å². The standard InChI is InChI=1S/C12H22N4O2S/c1-8-4-3-5-10(6-8)16-19(17,18)12-11(7-13)9(2)14-15-12/h8,10,16H,3-7,13H2,1-2H3,(H,14,15). The molecule has 1 aromatic heterocycles. The Kier molecular flexibility index (Phi) is 4.27. The lowest BCUT2D eigenvalue weighted by atomic mass is 9.88. The van der Waals surface area contributed by atoms with Crippen LogP contribution in [-0.4, -0.2) is 24.7 Å². The highest BCUT2D eigenvalue weighted by atomic mass is 32.2. The third-order valence-electron chi connectivity index (χ3n) is 3.75. The van der Waals surface area contributed by atoms with E-state index >= 15 is 0 Å². The first-order valence-corrected chi connectivity index (χ1v) is 8.18. The molecule has 19 heavy (non-hydrogen) atoms. The highest BCUT2D eigenvalue weighted by molar-refractivity contribution is 7.89. The predicted octanol–water partition coefficient (Wildman–Crippen LogP) is 1.03. The number of nitrogens with two attached hydrogens (primary N) is 1. The third kappa shape index (κ3) is 3.16. The molecular weight excluding hydrogens is 264 g/mol. The van der Waals surface area contributed by atoms with Crippen LogP contribution in [-0.2, 0) is 16.6 Å². The van der Waals surface area contributed by atoms with Crippen molar-refractivity contribution in [2.75, 3.05) is 0 Å². The number of sulfonamides is 1. The first kappa shape index (κ1) is 14.5. The van der Waals surface area contributed by atoms with Gasteiger partial charge in [-0.15, -0.1) is 0 Å². The van der Waals surface area contributed by atoms with Crippen molar-refractivity contribution >= 4 is 10.0 Å². The Bertz CT molecular complexity index is 538. The molecule has 0 saturated heterocycles. The molecule has 0 bridgehead atoms. The van der Waals surface area contributed by atoms with Crippen molar-refractivity contribution in [3.63, 3.8) is 0 Å². The van der Waals surface area contributed by atoms with E-state index in [-0.39, 0.29) is 17.6 Å². The fourth-order valence-corrected chi connectivity index (χ4v) is 4.20. The van der Waals surface area contributed by atoms with Gasteiger partial charge in [-0.2, -0.15) is 5.10 Å². The Morgan fingerprint density at radius 2 is 2.21 bits per heavy atom. The number of hydrogen-bond donors (Lipinski definition) is 3. The summed E-state index contributed by atoms with van der Waals surface area (Å²) in [5, 5.41) is 6.63. The molecule has 4 N–H and O–H groups in total. The second kappa shape index (κ2) is 5.60. The van der Waals surface area contributed by atoms with E-state index in [9.17, 15) is 8.42 Å². The molecule has 1 aromatic rings. The minimum atomic E-state index is -3.58. The van der Waals surface area contributed by atoms with E-state index in [4.69, 9.17) is 5.73 Å². The van der Waals surface area contributed by atoms with Gasteiger partial charge in [-0.25, -0.2) is 13.1 Å². The lowest BCUT2D eigenvalue weighted by Crippen LogP contribution is -2.38. The number of aromatic nitrogens is 2. The third-order valence-corrected chi connectivity index (χ3v) is 5.24. The Labute approximate surface area is 114 Å². The molecule has 0 aromatic carbocycles.